The van der Waals surface area contributed by atoms with E-state index in [1.807, 2.05) is 6.92 Å². The van der Waals surface area contributed by atoms with E-state index in [1.165, 1.54) is 12.8 Å². The molecule has 0 atom stereocenters. The molecule has 0 bridgehead atoms. The first-order valence-electron chi connectivity index (χ1n) is 4.99. The predicted octanol–water partition coefficient (Wildman–Crippen LogP) is 0.878. The summed E-state index contributed by atoms with van der Waals surface area (Å²) >= 11 is 0. The maximum atomic E-state index is 9.16. The van der Waals surface area contributed by atoms with Crippen LogP contribution >= 0.6 is 0 Å². The zero-order chi connectivity index (χ0) is 9.97. The first kappa shape index (κ1) is 9.40. The van der Waals surface area contributed by atoms with Crippen molar-refractivity contribution in [3.63, 3.8) is 0 Å². The minimum atomic E-state index is 0.0200. The number of aliphatic hydroxyl groups excluding tert-OH is 1. The van der Waals surface area contributed by atoms with Crippen LogP contribution in [0.4, 0.5) is 5.82 Å². The molecular formula is C10H15N3O. The normalized spacial score (nSPS) is 16.3. The van der Waals surface area contributed by atoms with Gasteiger partial charge in [0, 0.05) is 24.8 Å². The number of hydrogen-bond donors (Lipinski definition) is 1. The smallest absolute Gasteiger partial charge is 0.137 e. The molecule has 0 amide bonds. The van der Waals surface area contributed by atoms with Crippen molar-refractivity contribution in [1.82, 2.24) is 9.97 Å². The van der Waals surface area contributed by atoms with Gasteiger partial charge in [0.15, 0.2) is 0 Å². The third-order valence-electron chi connectivity index (χ3n) is 2.54. The fourth-order valence-electron chi connectivity index (χ4n) is 1.80. The van der Waals surface area contributed by atoms with Gasteiger partial charge in [0.25, 0.3) is 0 Å². The average Bonchev–Trinajstić information content (AvgIpc) is 2.70. The van der Waals surface area contributed by atoms with Crippen LogP contribution in [0.3, 0.4) is 0 Å². The Bertz CT molecular complexity index is 321. The Balaban J connectivity index is 2.33. The Hall–Kier alpha value is -1.16. The van der Waals surface area contributed by atoms with E-state index in [-0.39, 0.29) is 6.61 Å². The molecule has 0 aromatic carbocycles. The lowest BCUT2D eigenvalue weighted by molar-refractivity contribution is 0.281. The van der Waals surface area contributed by atoms with E-state index in [0.29, 0.717) is 0 Å². The fourth-order valence-corrected chi connectivity index (χ4v) is 1.80. The van der Waals surface area contributed by atoms with Crippen LogP contribution in [0, 0.1) is 6.92 Å². The summed E-state index contributed by atoms with van der Waals surface area (Å²) in [6, 6.07) is 0. The van der Waals surface area contributed by atoms with Crippen LogP contribution in [0.25, 0.3) is 0 Å². The van der Waals surface area contributed by atoms with Crippen molar-refractivity contribution in [2.75, 3.05) is 18.0 Å². The van der Waals surface area contributed by atoms with E-state index >= 15 is 0 Å². The Labute approximate surface area is 83.6 Å². The first-order chi connectivity index (χ1) is 6.81. The van der Waals surface area contributed by atoms with Crippen molar-refractivity contribution >= 4 is 5.82 Å². The number of anilines is 1. The second-order valence-corrected chi connectivity index (χ2v) is 3.62. The van der Waals surface area contributed by atoms with Crippen molar-refractivity contribution in [3.05, 3.63) is 17.6 Å². The zero-order valence-corrected chi connectivity index (χ0v) is 8.40. The lowest BCUT2D eigenvalue weighted by atomic mass is 10.3. The predicted molar refractivity (Wildman–Crippen MR) is 54.1 cm³/mol. The maximum absolute atomic E-state index is 9.16. The molecule has 76 valence electrons. The van der Waals surface area contributed by atoms with Crippen LogP contribution in [0.1, 0.15) is 24.2 Å². The highest BCUT2D eigenvalue weighted by molar-refractivity contribution is 5.46. The van der Waals surface area contributed by atoms with Gasteiger partial charge in [-0.2, -0.15) is 0 Å². The van der Waals surface area contributed by atoms with E-state index in [2.05, 4.69) is 14.9 Å². The maximum Gasteiger partial charge on any atom is 0.137 e. The van der Waals surface area contributed by atoms with Gasteiger partial charge in [-0.25, -0.2) is 9.97 Å². The van der Waals surface area contributed by atoms with Crippen LogP contribution in [0.15, 0.2) is 6.20 Å². The molecule has 4 nitrogen and oxygen atoms in total. The van der Waals surface area contributed by atoms with E-state index in [1.54, 1.807) is 6.20 Å². The standard InChI is InChI=1S/C10H15N3O/c1-8-11-6-9(7-14)10(12-8)13-4-2-3-5-13/h6,14H,2-5,7H2,1H3. The molecule has 0 unspecified atom stereocenters. The largest absolute Gasteiger partial charge is 0.391 e. The summed E-state index contributed by atoms with van der Waals surface area (Å²) < 4.78 is 0. The number of rotatable bonds is 2. The summed E-state index contributed by atoms with van der Waals surface area (Å²) in [5.41, 5.74) is 0.831. The lowest BCUT2D eigenvalue weighted by Gasteiger charge is -2.19. The SMILES string of the molecule is Cc1ncc(CO)c(N2CCCC2)n1. The monoisotopic (exact) mass is 193 g/mol. The van der Waals surface area contributed by atoms with Crippen molar-refractivity contribution in [2.45, 2.75) is 26.4 Å². The van der Waals surface area contributed by atoms with Gasteiger partial charge in [-0.3, -0.25) is 0 Å². The topological polar surface area (TPSA) is 49.3 Å². The van der Waals surface area contributed by atoms with Gasteiger partial charge in [-0.15, -0.1) is 0 Å². The average molecular weight is 193 g/mol. The Morgan fingerprint density at radius 1 is 1.43 bits per heavy atom. The van der Waals surface area contributed by atoms with E-state index in [9.17, 15) is 0 Å². The molecule has 1 saturated heterocycles. The molecule has 1 aromatic heterocycles. The summed E-state index contributed by atoms with van der Waals surface area (Å²) in [5, 5.41) is 9.16. The van der Waals surface area contributed by atoms with Gasteiger partial charge in [0.2, 0.25) is 0 Å². The number of hydrogen-bond acceptors (Lipinski definition) is 4. The van der Waals surface area contributed by atoms with Gasteiger partial charge in [0.1, 0.15) is 11.6 Å². The summed E-state index contributed by atoms with van der Waals surface area (Å²) in [5.74, 6) is 1.68. The number of nitrogens with zero attached hydrogens (tertiary/aromatic N) is 3. The number of aromatic nitrogens is 2. The highest BCUT2D eigenvalue weighted by atomic mass is 16.3. The molecule has 0 spiro atoms. The Morgan fingerprint density at radius 2 is 2.14 bits per heavy atom. The molecule has 1 fully saturated rings. The zero-order valence-electron chi connectivity index (χ0n) is 8.40. The van der Waals surface area contributed by atoms with E-state index < -0.39 is 0 Å². The van der Waals surface area contributed by atoms with E-state index in [0.717, 1.165) is 30.3 Å². The first-order valence-corrected chi connectivity index (χ1v) is 4.99. The van der Waals surface area contributed by atoms with Crippen molar-refractivity contribution in [2.24, 2.45) is 0 Å². The molecule has 4 heteroatoms. The summed E-state index contributed by atoms with van der Waals surface area (Å²) in [7, 11) is 0. The second-order valence-electron chi connectivity index (χ2n) is 3.62. The molecule has 2 rings (SSSR count). The Kier molecular flexibility index (Phi) is 2.63. The molecule has 0 aliphatic carbocycles. The molecule has 1 aliphatic rings. The minimum absolute atomic E-state index is 0.0200. The third-order valence-corrected chi connectivity index (χ3v) is 2.54. The highest BCUT2D eigenvalue weighted by Crippen LogP contribution is 2.21. The van der Waals surface area contributed by atoms with Crippen molar-refractivity contribution in [1.29, 1.82) is 0 Å². The summed E-state index contributed by atoms with van der Waals surface area (Å²) in [6.45, 7) is 3.99. The number of aliphatic hydroxyl groups is 1. The van der Waals surface area contributed by atoms with E-state index in [4.69, 9.17) is 5.11 Å². The van der Waals surface area contributed by atoms with Crippen LogP contribution < -0.4 is 4.90 Å². The molecule has 2 heterocycles. The Morgan fingerprint density at radius 3 is 2.79 bits per heavy atom. The van der Waals surface area contributed by atoms with Crippen LogP contribution in [-0.4, -0.2) is 28.2 Å². The third kappa shape index (κ3) is 1.70. The minimum Gasteiger partial charge on any atom is -0.391 e. The van der Waals surface area contributed by atoms with Crippen LogP contribution in [0.5, 0.6) is 0 Å². The van der Waals surface area contributed by atoms with Gasteiger partial charge in [0.05, 0.1) is 6.61 Å². The van der Waals surface area contributed by atoms with Gasteiger partial charge >= 0.3 is 0 Å². The highest BCUT2D eigenvalue weighted by Gasteiger charge is 2.17. The van der Waals surface area contributed by atoms with Crippen molar-refractivity contribution in [3.8, 4) is 0 Å². The van der Waals surface area contributed by atoms with Gasteiger partial charge in [-0.1, -0.05) is 0 Å². The second kappa shape index (κ2) is 3.92. The quantitative estimate of drug-likeness (QED) is 0.757. The van der Waals surface area contributed by atoms with Gasteiger partial charge < -0.3 is 10.0 Å². The summed E-state index contributed by atoms with van der Waals surface area (Å²) in [4.78, 5) is 10.7. The van der Waals surface area contributed by atoms with Crippen LogP contribution in [-0.2, 0) is 6.61 Å². The molecule has 1 N–H and O–H groups in total. The molecule has 1 aromatic rings. The molecule has 14 heavy (non-hydrogen) atoms. The van der Waals surface area contributed by atoms with Crippen LogP contribution in [0.2, 0.25) is 0 Å². The molecular weight excluding hydrogens is 178 g/mol. The number of aryl methyl sites for hydroxylation is 1. The lowest BCUT2D eigenvalue weighted by Crippen LogP contribution is -2.21. The van der Waals surface area contributed by atoms with Gasteiger partial charge in [-0.05, 0) is 19.8 Å². The van der Waals surface area contributed by atoms with Crippen molar-refractivity contribution < 1.29 is 5.11 Å². The molecule has 0 radical (unpaired) electrons. The molecule has 0 saturated carbocycles. The summed E-state index contributed by atoms with van der Waals surface area (Å²) in [6.07, 6.45) is 4.15. The molecule has 1 aliphatic heterocycles. The fraction of sp³-hybridized carbons (Fsp3) is 0.600.